The lowest BCUT2D eigenvalue weighted by Crippen LogP contribution is -2.03. The molecule has 6 nitrogen and oxygen atoms in total. The van der Waals surface area contributed by atoms with Gasteiger partial charge in [0.05, 0.1) is 16.4 Å². The third-order valence-electron chi connectivity index (χ3n) is 2.78. The molecule has 2 aromatic rings. The number of halogens is 1. The van der Waals surface area contributed by atoms with E-state index in [1.165, 1.54) is 17.8 Å². The first-order valence-corrected chi connectivity index (χ1v) is 7.68. The van der Waals surface area contributed by atoms with Crippen LogP contribution in [0.3, 0.4) is 0 Å². The summed E-state index contributed by atoms with van der Waals surface area (Å²) in [5, 5.41) is 5.74. The fourth-order valence-electron chi connectivity index (χ4n) is 1.81. The highest BCUT2D eigenvalue weighted by Gasteiger charge is 2.15. The third kappa shape index (κ3) is 3.16. The van der Waals surface area contributed by atoms with Crippen molar-refractivity contribution < 1.29 is 0 Å². The zero-order valence-electron chi connectivity index (χ0n) is 11.4. The second-order valence-corrected chi connectivity index (χ2v) is 5.49. The van der Waals surface area contributed by atoms with E-state index < -0.39 is 0 Å². The first kappa shape index (κ1) is 14.9. The minimum Gasteiger partial charge on any atom is -0.383 e. The molecule has 0 amide bonds. The predicted molar refractivity (Wildman–Crippen MR) is 82.7 cm³/mol. The smallest absolute Gasteiger partial charge is 0.191 e. The summed E-state index contributed by atoms with van der Waals surface area (Å²) < 4.78 is 1.91. The molecule has 0 saturated carbocycles. The van der Waals surface area contributed by atoms with Crippen molar-refractivity contribution >= 4 is 35.0 Å². The Hall–Kier alpha value is -1.47. The van der Waals surface area contributed by atoms with Gasteiger partial charge in [-0.25, -0.2) is 9.97 Å². The Bertz CT molecular complexity index is 592. The highest BCUT2D eigenvalue weighted by atomic mass is 35.5. The number of thioether (sulfide) groups is 1. The quantitative estimate of drug-likeness (QED) is 0.650. The minimum absolute atomic E-state index is 0.365. The molecule has 108 valence electrons. The van der Waals surface area contributed by atoms with Crippen molar-refractivity contribution in [1.29, 1.82) is 0 Å². The summed E-state index contributed by atoms with van der Waals surface area (Å²) in [5.74, 6) is 1.36. The molecule has 0 aliphatic rings. The van der Waals surface area contributed by atoms with Crippen molar-refractivity contribution in [1.82, 2.24) is 19.7 Å². The average Bonchev–Trinajstić information content (AvgIpc) is 2.71. The Labute approximate surface area is 126 Å². The van der Waals surface area contributed by atoms with Crippen LogP contribution in [0.2, 0.25) is 5.02 Å². The van der Waals surface area contributed by atoms with Gasteiger partial charge in [0.25, 0.3) is 0 Å². The van der Waals surface area contributed by atoms with Crippen LogP contribution in [0.15, 0.2) is 11.2 Å². The molecule has 0 aromatic carbocycles. The Morgan fingerprint density at radius 3 is 2.45 bits per heavy atom. The fraction of sp³-hybridized carbons (Fsp3) is 0.417. The molecule has 0 radical (unpaired) electrons. The number of nitrogens with two attached hydrogens (primary N) is 2. The maximum absolute atomic E-state index is 6.35. The molecule has 2 heterocycles. The first-order chi connectivity index (χ1) is 9.55. The van der Waals surface area contributed by atoms with Crippen molar-refractivity contribution in [2.45, 2.75) is 37.7 Å². The maximum atomic E-state index is 6.35. The largest absolute Gasteiger partial charge is 0.383 e. The van der Waals surface area contributed by atoms with E-state index in [1.807, 2.05) is 18.5 Å². The van der Waals surface area contributed by atoms with Gasteiger partial charge in [0.1, 0.15) is 11.6 Å². The summed E-state index contributed by atoms with van der Waals surface area (Å²) in [7, 11) is 0. The van der Waals surface area contributed by atoms with Crippen LogP contribution in [0, 0.1) is 0 Å². The van der Waals surface area contributed by atoms with Crippen LogP contribution >= 0.6 is 23.4 Å². The average molecular weight is 313 g/mol. The van der Waals surface area contributed by atoms with Crippen molar-refractivity contribution in [3.05, 3.63) is 22.5 Å². The molecule has 0 unspecified atom stereocenters. The highest BCUT2D eigenvalue weighted by molar-refractivity contribution is 7.98. The summed E-state index contributed by atoms with van der Waals surface area (Å²) in [6.07, 6.45) is 0.811. The van der Waals surface area contributed by atoms with Crippen molar-refractivity contribution in [2.75, 3.05) is 11.5 Å². The molecule has 0 aliphatic heterocycles. The Morgan fingerprint density at radius 2 is 1.90 bits per heavy atom. The first-order valence-electron chi connectivity index (χ1n) is 6.32. The van der Waals surface area contributed by atoms with Gasteiger partial charge in [0.15, 0.2) is 5.16 Å². The van der Waals surface area contributed by atoms with Crippen LogP contribution < -0.4 is 11.5 Å². The molecule has 2 rings (SSSR count). The van der Waals surface area contributed by atoms with Gasteiger partial charge in [0.2, 0.25) is 0 Å². The number of anilines is 2. The monoisotopic (exact) mass is 312 g/mol. The van der Waals surface area contributed by atoms with Gasteiger partial charge >= 0.3 is 0 Å². The number of hydrogen-bond acceptors (Lipinski definition) is 6. The second-order valence-electron chi connectivity index (χ2n) is 4.17. The van der Waals surface area contributed by atoms with Crippen LogP contribution in [0.5, 0.6) is 0 Å². The lowest BCUT2D eigenvalue weighted by atomic mass is 10.3. The van der Waals surface area contributed by atoms with Crippen LogP contribution in [-0.4, -0.2) is 19.7 Å². The van der Waals surface area contributed by atoms with E-state index in [1.54, 1.807) is 0 Å². The molecule has 0 fully saturated rings. The van der Waals surface area contributed by atoms with Gasteiger partial charge in [-0.1, -0.05) is 30.3 Å². The van der Waals surface area contributed by atoms with Gasteiger partial charge in [-0.3, -0.25) is 4.68 Å². The Morgan fingerprint density at radius 1 is 1.25 bits per heavy atom. The van der Waals surface area contributed by atoms with Gasteiger partial charge in [0, 0.05) is 18.4 Å². The number of nitrogens with zero attached hydrogens (tertiary/aromatic N) is 4. The lowest BCUT2D eigenvalue weighted by molar-refractivity contribution is 0.628. The molecule has 0 bridgehead atoms. The SMILES string of the molecule is CCc1nn(CC)c(CSc2nc(N)cc(N)n2)c1Cl. The van der Waals surface area contributed by atoms with Crippen LogP contribution in [0.25, 0.3) is 0 Å². The predicted octanol–water partition coefficient (Wildman–Crippen LogP) is 2.37. The fourth-order valence-corrected chi connectivity index (χ4v) is 3.13. The zero-order chi connectivity index (χ0) is 14.7. The van der Waals surface area contributed by atoms with Crippen LogP contribution in [0.4, 0.5) is 11.6 Å². The van der Waals surface area contributed by atoms with Gasteiger partial charge in [-0.15, -0.1) is 0 Å². The molecule has 0 saturated heterocycles. The van der Waals surface area contributed by atoms with Crippen LogP contribution in [-0.2, 0) is 18.7 Å². The van der Waals surface area contributed by atoms with Gasteiger partial charge < -0.3 is 11.5 Å². The maximum Gasteiger partial charge on any atom is 0.191 e. The molecule has 2 aromatic heterocycles. The highest BCUT2D eigenvalue weighted by Crippen LogP contribution is 2.28. The molecular formula is C12H17ClN6S. The molecule has 0 atom stereocenters. The standard InChI is InChI=1S/C12H17ClN6S/c1-3-7-11(13)8(19(4-2)18-7)6-20-12-16-9(14)5-10(15)17-12/h5H,3-4,6H2,1-2H3,(H4,14,15,16,17). The normalized spacial score (nSPS) is 10.9. The van der Waals surface area contributed by atoms with E-state index in [0.717, 1.165) is 29.4 Å². The molecule has 0 aliphatic carbocycles. The number of rotatable bonds is 5. The molecule has 20 heavy (non-hydrogen) atoms. The zero-order valence-corrected chi connectivity index (χ0v) is 13.0. The molecule has 0 spiro atoms. The molecular weight excluding hydrogens is 296 g/mol. The lowest BCUT2D eigenvalue weighted by Gasteiger charge is -2.05. The van der Waals surface area contributed by atoms with E-state index in [-0.39, 0.29) is 0 Å². The van der Waals surface area contributed by atoms with E-state index >= 15 is 0 Å². The minimum atomic E-state index is 0.365. The number of hydrogen-bond donors (Lipinski definition) is 2. The number of aromatic nitrogens is 4. The van der Waals surface area contributed by atoms with Crippen molar-refractivity contribution in [2.24, 2.45) is 0 Å². The van der Waals surface area contributed by atoms with E-state index in [4.69, 9.17) is 23.1 Å². The van der Waals surface area contributed by atoms with E-state index in [0.29, 0.717) is 22.5 Å². The van der Waals surface area contributed by atoms with Gasteiger partial charge in [-0.2, -0.15) is 5.10 Å². The Balaban J connectivity index is 2.20. The van der Waals surface area contributed by atoms with E-state index in [2.05, 4.69) is 15.1 Å². The number of aryl methyl sites for hydroxylation is 2. The topological polar surface area (TPSA) is 95.6 Å². The second kappa shape index (κ2) is 6.32. The number of nitrogen functional groups attached to an aromatic ring is 2. The summed E-state index contributed by atoms with van der Waals surface area (Å²) in [6, 6.07) is 1.53. The summed E-state index contributed by atoms with van der Waals surface area (Å²) in [5.41, 5.74) is 13.2. The summed E-state index contributed by atoms with van der Waals surface area (Å²) >= 11 is 7.79. The third-order valence-corrected chi connectivity index (χ3v) is 4.07. The van der Waals surface area contributed by atoms with Crippen molar-refractivity contribution in [3.8, 4) is 0 Å². The summed E-state index contributed by atoms with van der Waals surface area (Å²) in [4.78, 5) is 8.28. The van der Waals surface area contributed by atoms with Crippen molar-refractivity contribution in [3.63, 3.8) is 0 Å². The van der Waals surface area contributed by atoms with E-state index in [9.17, 15) is 0 Å². The van der Waals surface area contributed by atoms with Gasteiger partial charge in [-0.05, 0) is 13.3 Å². The Kier molecular flexibility index (Phi) is 4.72. The summed E-state index contributed by atoms with van der Waals surface area (Å²) in [6.45, 7) is 4.84. The van der Waals surface area contributed by atoms with Crippen LogP contribution in [0.1, 0.15) is 25.2 Å². The molecule has 8 heteroatoms. The molecule has 4 N–H and O–H groups in total.